The smallest absolute Gasteiger partial charge is 0.172 e. The number of rotatable bonds is 9. The van der Waals surface area contributed by atoms with Crippen molar-refractivity contribution in [2.75, 3.05) is 7.11 Å². The van der Waals surface area contributed by atoms with Gasteiger partial charge in [0.25, 0.3) is 0 Å². The maximum atomic E-state index is 12.5. The summed E-state index contributed by atoms with van der Waals surface area (Å²) in [4.78, 5) is 12.5. The van der Waals surface area contributed by atoms with Crippen molar-refractivity contribution in [2.24, 2.45) is 0 Å². The molecule has 2 aromatic rings. The Morgan fingerprint density at radius 3 is 2.48 bits per heavy atom. The molecule has 0 aromatic heterocycles. The Labute approximate surface area is 138 Å². The van der Waals surface area contributed by atoms with Crippen molar-refractivity contribution in [2.45, 2.75) is 39.2 Å². The first-order chi connectivity index (χ1) is 11.3. The molecule has 0 aliphatic rings. The molecule has 0 amide bonds. The number of carbonyl (C=O) groups is 1. The first kappa shape index (κ1) is 17.1. The average molecular weight is 312 g/mol. The van der Waals surface area contributed by atoms with Gasteiger partial charge in [-0.25, -0.2) is 0 Å². The van der Waals surface area contributed by atoms with Crippen molar-refractivity contribution >= 4 is 5.78 Å². The van der Waals surface area contributed by atoms with Crippen LogP contribution in [-0.4, -0.2) is 12.9 Å². The van der Waals surface area contributed by atoms with Crippen LogP contribution >= 0.6 is 0 Å². The molecular formula is C20H24O3. The minimum atomic E-state index is 0.111. The Bertz CT molecular complexity index is 620. The molecule has 0 spiro atoms. The standard InChI is InChI=1S/C20H24O3/c1-3-4-6-13-18(21)17-12-9-14-19(22-2)20(17)23-15-16-10-7-5-8-11-16/h5,7-12,14H,3-4,6,13,15H2,1-2H3. The lowest BCUT2D eigenvalue weighted by atomic mass is 10.0. The molecule has 0 heterocycles. The van der Waals surface area contributed by atoms with E-state index < -0.39 is 0 Å². The van der Waals surface area contributed by atoms with Crippen LogP contribution < -0.4 is 9.47 Å². The first-order valence-electron chi connectivity index (χ1n) is 8.13. The Hall–Kier alpha value is -2.29. The van der Waals surface area contributed by atoms with E-state index in [1.54, 1.807) is 7.11 Å². The van der Waals surface area contributed by atoms with E-state index >= 15 is 0 Å². The van der Waals surface area contributed by atoms with E-state index in [0.717, 1.165) is 24.8 Å². The van der Waals surface area contributed by atoms with Crippen LogP contribution in [0.3, 0.4) is 0 Å². The van der Waals surface area contributed by atoms with Gasteiger partial charge in [-0.1, -0.05) is 56.2 Å². The largest absolute Gasteiger partial charge is 0.493 e. The van der Waals surface area contributed by atoms with E-state index in [-0.39, 0.29) is 5.78 Å². The highest BCUT2D eigenvalue weighted by Gasteiger charge is 2.16. The quantitative estimate of drug-likeness (QED) is 0.481. The minimum Gasteiger partial charge on any atom is -0.493 e. The highest BCUT2D eigenvalue weighted by Crippen LogP contribution is 2.33. The third-order valence-corrected chi connectivity index (χ3v) is 3.73. The lowest BCUT2D eigenvalue weighted by Crippen LogP contribution is -2.06. The van der Waals surface area contributed by atoms with E-state index in [9.17, 15) is 4.79 Å². The molecule has 2 aromatic carbocycles. The van der Waals surface area contributed by atoms with Gasteiger partial charge in [0, 0.05) is 6.42 Å². The number of methoxy groups -OCH3 is 1. The molecular weight excluding hydrogens is 288 g/mol. The number of hydrogen-bond donors (Lipinski definition) is 0. The third-order valence-electron chi connectivity index (χ3n) is 3.73. The summed E-state index contributed by atoms with van der Waals surface area (Å²) >= 11 is 0. The topological polar surface area (TPSA) is 35.5 Å². The molecule has 3 heteroatoms. The summed E-state index contributed by atoms with van der Waals surface area (Å²) in [7, 11) is 1.59. The van der Waals surface area contributed by atoms with Crippen LogP contribution in [0.25, 0.3) is 0 Å². The van der Waals surface area contributed by atoms with Gasteiger partial charge in [0.1, 0.15) is 6.61 Å². The maximum absolute atomic E-state index is 12.5. The zero-order chi connectivity index (χ0) is 16.5. The summed E-state index contributed by atoms with van der Waals surface area (Å²) in [5.41, 5.74) is 1.67. The second kappa shape index (κ2) is 8.99. The molecule has 0 radical (unpaired) electrons. The number of unbranched alkanes of at least 4 members (excludes halogenated alkanes) is 2. The Morgan fingerprint density at radius 1 is 1.00 bits per heavy atom. The summed E-state index contributed by atoms with van der Waals surface area (Å²) in [6, 6.07) is 15.4. The zero-order valence-corrected chi connectivity index (χ0v) is 13.9. The molecule has 0 aliphatic heterocycles. The van der Waals surface area contributed by atoms with Gasteiger partial charge in [0.2, 0.25) is 0 Å². The summed E-state index contributed by atoms with van der Waals surface area (Å²) < 4.78 is 11.3. The summed E-state index contributed by atoms with van der Waals surface area (Å²) in [5.74, 6) is 1.25. The van der Waals surface area contributed by atoms with Gasteiger partial charge >= 0.3 is 0 Å². The van der Waals surface area contributed by atoms with Gasteiger partial charge in [0.05, 0.1) is 12.7 Å². The molecule has 0 bridgehead atoms. The number of benzene rings is 2. The fourth-order valence-electron chi connectivity index (χ4n) is 2.44. The number of hydrogen-bond acceptors (Lipinski definition) is 3. The van der Waals surface area contributed by atoms with E-state index in [1.165, 1.54) is 0 Å². The fraction of sp³-hybridized carbons (Fsp3) is 0.350. The predicted octanol–water partition coefficient (Wildman–Crippen LogP) is 5.04. The molecule has 122 valence electrons. The SMILES string of the molecule is CCCCCC(=O)c1cccc(OC)c1OCc1ccccc1. The Kier molecular flexibility index (Phi) is 6.67. The second-order valence-corrected chi connectivity index (χ2v) is 5.49. The minimum absolute atomic E-state index is 0.111. The van der Waals surface area contributed by atoms with Crippen LogP contribution in [0.5, 0.6) is 11.5 Å². The predicted molar refractivity (Wildman–Crippen MR) is 92.2 cm³/mol. The van der Waals surface area contributed by atoms with Gasteiger partial charge < -0.3 is 9.47 Å². The fourth-order valence-corrected chi connectivity index (χ4v) is 2.44. The Balaban J connectivity index is 2.16. The molecule has 0 saturated heterocycles. The van der Waals surface area contributed by atoms with Crippen molar-refractivity contribution < 1.29 is 14.3 Å². The van der Waals surface area contributed by atoms with Crippen LogP contribution in [0.2, 0.25) is 0 Å². The lowest BCUT2D eigenvalue weighted by Gasteiger charge is -2.14. The van der Waals surface area contributed by atoms with Crippen LogP contribution in [-0.2, 0) is 6.61 Å². The van der Waals surface area contributed by atoms with Crippen molar-refractivity contribution in [1.82, 2.24) is 0 Å². The van der Waals surface area contributed by atoms with Gasteiger partial charge in [0.15, 0.2) is 17.3 Å². The summed E-state index contributed by atoms with van der Waals surface area (Å²) in [6.45, 7) is 2.54. The molecule has 0 atom stereocenters. The van der Waals surface area contributed by atoms with Gasteiger partial charge in [-0.3, -0.25) is 4.79 Å². The monoisotopic (exact) mass is 312 g/mol. The highest BCUT2D eigenvalue weighted by molar-refractivity contribution is 5.99. The van der Waals surface area contributed by atoms with Crippen molar-refractivity contribution in [3.8, 4) is 11.5 Å². The lowest BCUT2D eigenvalue weighted by molar-refractivity contribution is 0.0974. The van der Waals surface area contributed by atoms with Crippen LogP contribution in [0, 0.1) is 0 Å². The molecule has 2 rings (SSSR count). The van der Waals surface area contributed by atoms with Crippen molar-refractivity contribution in [3.63, 3.8) is 0 Å². The molecule has 0 N–H and O–H groups in total. The average Bonchev–Trinajstić information content (AvgIpc) is 2.60. The van der Waals surface area contributed by atoms with Gasteiger partial charge in [-0.2, -0.15) is 0 Å². The molecule has 23 heavy (non-hydrogen) atoms. The maximum Gasteiger partial charge on any atom is 0.172 e. The van der Waals surface area contributed by atoms with E-state index in [1.807, 2.05) is 48.5 Å². The second-order valence-electron chi connectivity index (χ2n) is 5.49. The van der Waals surface area contributed by atoms with Crippen LogP contribution in [0.15, 0.2) is 48.5 Å². The summed E-state index contributed by atoms with van der Waals surface area (Å²) in [5, 5.41) is 0. The third kappa shape index (κ3) is 4.85. The van der Waals surface area contributed by atoms with E-state index in [4.69, 9.17) is 9.47 Å². The molecule has 0 aliphatic carbocycles. The van der Waals surface area contributed by atoms with Crippen LogP contribution in [0.4, 0.5) is 0 Å². The highest BCUT2D eigenvalue weighted by atomic mass is 16.5. The zero-order valence-electron chi connectivity index (χ0n) is 13.9. The summed E-state index contributed by atoms with van der Waals surface area (Å²) in [6.07, 6.45) is 3.62. The first-order valence-corrected chi connectivity index (χ1v) is 8.13. The molecule has 3 nitrogen and oxygen atoms in total. The van der Waals surface area contributed by atoms with E-state index in [2.05, 4.69) is 6.92 Å². The normalized spacial score (nSPS) is 10.3. The number of carbonyl (C=O) groups excluding carboxylic acids is 1. The van der Waals surface area contributed by atoms with Gasteiger partial charge in [-0.15, -0.1) is 0 Å². The number of ketones is 1. The number of Topliss-reactive ketones (excluding diaryl/α,β-unsaturated/α-hetero) is 1. The van der Waals surface area contributed by atoms with E-state index in [0.29, 0.717) is 30.1 Å². The molecule has 0 fully saturated rings. The van der Waals surface area contributed by atoms with Crippen LogP contribution in [0.1, 0.15) is 48.5 Å². The molecule has 0 saturated carbocycles. The Morgan fingerprint density at radius 2 is 1.78 bits per heavy atom. The van der Waals surface area contributed by atoms with Crippen molar-refractivity contribution in [3.05, 3.63) is 59.7 Å². The number of para-hydroxylation sites is 1. The van der Waals surface area contributed by atoms with Crippen molar-refractivity contribution in [1.29, 1.82) is 0 Å². The number of ether oxygens (including phenoxy) is 2. The van der Waals surface area contributed by atoms with Gasteiger partial charge in [-0.05, 0) is 24.1 Å². The molecule has 0 unspecified atom stereocenters.